The first-order chi connectivity index (χ1) is 11.4. The smallest absolute Gasteiger partial charge is 0.129 e. The average Bonchev–Trinajstić information content (AvgIpc) is 3.01. The molecule has 0 saturated carbocycles. The van der Waals surface area contributed by atoms with Crippen LogP contribution >= 0.6 is 0 Å². The van der Waals surface area contributed by atoms with Gasteiger partial charge >= 0.3 is 0 Å². The quantitative estimate of drug-likeness (QED) is 0.583. The first-order valence-corrected chi connectivity index (χ1v) is 8.03. The summed E-state index contributed by atoms with van der Waals surface area (Å²) in [5.74, 6) is 1.04. The normalized spacial score (nSPS) is 15.7. The van der Waals surface area contributed by atoms with Crippen LogP contribution in [0.25, 0.3) is 32.7 Å². The SMILES string of the molecule is c1ccc2c(c1)[nH]c1c3ccc(N4CCOCC4)nc3ccc21. The summed E-state index contributed by atoms with van der Waals surface area (Å²) in [5.41, 5.74) is 3.38. The summed E-state index contributed by atoms with van der Waals surface area (Å²) in [4.78, 5) is 10.7. The molecule has 4 nitrogen and oxygen atoms in total. The lowest BCUT2D eigenvalue weighted by Crippen LogP contribution is -2.36. The molecule has 23 heavy (non-hydrogen) atoms. The van der Waals surface area contributed by atoms with Crippen molar-refractivity contribution in [1.29, 1.82) is 0 Å². The van der Waals surface area contributed by atoms with Crippen LogP contribution in [0.5, 0.6) is 0 Å². The van der Waals surface area contributed by atoms with Crippen LogP contribution in [0.15, 0.2) is 48.5 Å². The molecular formula is C19H17N3O. The van der Waals surface area contributed by atoms with Crippen LogP contribution in [0.1, 0.15) is 0 Å². The van der Waals surface area contributed by atoms with Crippen LogP contribution in [0.3, 0.4) is 0 Å². The summed E-state index contributed by atoms with van der Waals surface area (Å²) in [6.45, 7) is 3.38. The second kappa shape index (κ2) is 4.96. The molecule has 1 saturated heterocycles. The Morgan fingerprint density at radius 2 is 1.70 bits per heavy atom. The first kappa shape index (κ1) is 12.9. The summed E-state index contributed by atoms with van der Waals surface area (Å²) < 4.78 is 5.43. The van der Waals surface area contributed by atoms with Gasteiger partial charge in [0.15, 0.2) is 0 Å². The number of ether oxygens (including phenoxy) is 1. The lowest BCUT2D eigenvalue weighted by Gasteiger charge is -2.27. The maximum atomic E-state index is 5.43. The monoisotopic (exact) mass is 303 g/mol. The Bertz CT molecular complexity index is 1020. The predicted molar refractivity (Wildman–Crippen MR) is 94.1 cm³/mol. The number of rotatable bonds is 1. The molecule has 4 heteroatoms. The minimum absolute atomic E-state index is 0.779. The number of H-pyrrole nitrogens is 1. The van der Waals surface area contributed by atoms with Gasteiger partial charge in [-0.2, -0.15) is 0 Å². The van der Waals surface area contributed by atoms with Crippen LogP contribution in [-0.4, -0.2) is 36.3 Å². The van der Waals surface area contributed by atoms with E-state index in [1.165, 1.54) is 27.2 Å². The molecule has 4 aromatic rings. The fourth-order valence-corrected chi connectivity index (χ4v) is 3.48. The van der Waals surface area contributed by atoms with Crippen LogP contribution in [0.2, 0.25) is 0 Å². The molecule has 2 aromatic heterocycles. The third-order valence-corrected chi connectivity index (χ3v) is 4.67. The Morgan fingerprint density at radius 3 is 2.61 bits per heavy atom. The summed E-state index contributed by atoms with van der Waals surface area (Å²) in [7, 11) is 0. The van der Waals surface area contributed by atoms with Gasteiger partial charge in [-0.3, -0.25) is 0 Å². The number of hydrogen-bond acceptors (Lipinski definition) is 3. The summed E-state index contributed by atoms with van der Waals surface area (Å²) in [5, 5.41) is 3.70. The van der Waals surface area contributed by atoms with Gasteiger partial charge in [0.05, 0.1) is 24.2 Å². The molecule has 0 aliphatic carbocycles. The topological polar surface area (TPSA) is 41.2 Å². The number of para-hydroxylation sites is 1. The number of anilines is 1. The Kier molecular flexibility index (Phi) is 2.78. The third-order valence-electron chi connectivity index (χ3n) is 4.67. The van der Waals surface area contributed by atoms with Crippen molar-refractivity contribution in [2.24, 2.45) is 0 Å². The molecule has 0 bridgehead atoms. The van der Waals surface area contributed by atoms with Crippen LogP contribution < -0.4 is 4.90 Å². The van der Waals surface area contributed by atoms with E-state index in [1.807, 2.05) is 0 Å². The number of fused-ring (bicyclic) bond motifs is 5. The number of morpholine rings is 1. The maximum absolute atomic E-state index is 5.43. The van der Waals surface area contributed by atoms with E-state index in [4.69, 9.17) is 9.72 Å². The molecule has 0 radical (unpaired) electrons. The van der Waals surface area contributed by atoms with E-state index in [9.17, 15) is 0 Å². The highest BCUT2D eigenvalue weighted by Gasteiger charge is 2.14. The second-order valence-corrected chi connectivity index (χ2v) is 5.99. The summed E-state index contributed by atoms with van der Waals surface area (Å²) in [6, 6.07) is 17.0. The molecule has 1 fully saturated rings. The third kappa shape index (κ3) is 1.99. The highest BCUT2D eigenvalue weighted by atomic mass is 16.5. The zero-order chi connectivity index (χ0) is 15.2. The van der Waals surface area contributed by atoms with Crippen LogP contribution in [-0.2, 0) is 4.74 Å². The predicted octanol–water partition coefficient (Wildman–Crippen LogP) is 3.71. The standard InChI is InChI=1S/C19H17N3O/c1-2-4-16-13(3-1)14-5-7-17-15(19(14)21-16)6-8-18(20-17)22-9-11-23-12-10-22/h1-8,21H,9-12H2. The maximum Gasteiger partial charge on any atom is 0.129 e. The summed E-state index contributed by atoms with van der Waals surface area (Å²) in [6.07, 6.45) is 0. The molecule has 0 spiro atoms. The minimum atomic E-state index is 0.779. The first-order valence-electron chi connectivity index (χ1n) is 8.03. The zero-order valence-corrected chi connectivity index (χ0v) is 12.7. The number of hydrogen-bond donors (Lipinski definition) is 1. The average molecular weight is 303 g/mol. The van der Waals surface area contributed by atoms with Gasteiger partial charge in [-0.25, -0.2) is 4.98 Å². The molecule has 114 valence electrons. The number of nitrogens with one attached hydrogen (secondary N) is 1. The van der Waals surface area contributed by atoms with Crippen molar-refractivity contribution in [1.82, 2.24) is 9.97 Å². The fraction of sp³-hybridized carbons (Fsp3) is 0.211. The Morgan fingerprint density at radius 1 is 0.870 bits per heavy atom. The van der Waals surface area contributed by atoms with Crippen molar-refractivity contribution in [2.45, 2.75) is 0 Å². The molecule has 0 amide bonds. The molecule has 3 heterocycles. The van der Waals surface area contributed by atoms with E-state index < -0.39 is 0 Å². The molecule has 1 N–H and O–H groups in total. The Hall–Kier alpha value is -2.59. The Labute approximate surface area is 133 Å². The summed E-state index contributed by atoms with van der Waals surface area (Å²) >= 11 is 0. The van der Waals surface area contributed by atoms with Crippen molar-refractivity contribution >= 4 is 38.5 Å². The van der Waals surface area contributed by atoms with Gasteiger partial charge in [0.1, 0.15) is 5.82 Å². The van der Waals surface area contributed by atoms with E-state index in [-0.39, 0.29) is 0 Å². The van der Waals surface area contributed by atoms with Gasteiger partial charge in [-0.15, -0.1) is 0 Å². The lowest BCUT2D eigenvalue weighted by molar-refractivity contribution is 0.122. The van der Waals surface area contributed by atoms with Crippen molar-refractivity contribution in [2.75, 3.05) is 31.2 Å². The highest BCUT2D eigenvalue weighted by Crippen LogP contribution is 2.31. The number of aromatic nitrogens is 2. The molecule has 1 aliphatic rings. The van der Waals surface area contributed by atoms with Crippen molar-refractivity contribution in [3.8, 4) is 0 Å². The van der Waals surface area contributed by atoms with Gasteiger partial charge in [-0.05, 0) is 24.3 Å². The number of nitrogens with zero attached hydrogens (tertiary/aromatic N) is 2. The molecule has 5 rings (SSSR count). The fourth-order valence-electron chi connectivity index (χ4n) is 3.48. The molecular weight excluding hydrogens is 286 g/mol. The van der Waals surface area contributed by atoms with Crippen LogP contribution in [0, 0.1) is 0 Å². The van der Waals surface area contributed by atoms with E-state index in [0.29, 0.717) is 0 Å². The Balaban J connectivity index is 1.71. The molecule has 0 atom stereocenters. The molecule has 0 unspecified atom stereocenters. The number of pyridine rings is 1. The van der Waals surface area contributed by atoms with E-state index in [0.717, 1.165) is 37.6 Å². The lowest BCUT2D eigenvalue weighted by atomic mass is 10.1. The van der Waals surface area contributed by atoms with Gasteiger partial charge in [0.2, 0.25) is 0 Å². The largest absolute Gasteiger partial charge is 0.378 e. The molecule has 1 aliphatic heterocycles. The van der Waals surface area contributed by atoms with Crippen molar-refractivity contribution in [3.05, 3.63) is 48.5 Å². The van der Waals surface area contributed by atoms with E-state index in [1.54, 1.807) is 0 Å². The molecule has 2 aromatic carbocycles. The van der Waals surface area contributed by atoms with Crippen molar-refractivity contribution in [3.63, 3.8) is 0 Å². The zero-order valence-electron chi connectivity index (χ0n) is 12.7. The number of aromatic amines is 1. The second-order valence-electron chi connectivity index (χ2n) is 5.99. The highest BCUT2D eigenvalue weighted by molar-refractivity contribution is 6.16. The van der Waals surface area contributed by atoms with E-state index in [2.05, 4.69) is 58.4 Å². The van der Waals surface area contributed by atoms with Gasteiger partial charge < -0.3 is 14.6 Å². The van der Waals surface area contributed by atoms with E-state index >= 15 is 0 Å². The van der Waals surface area contributed by atoms with Crippen molar-refractivity contribution < 1.29 is 4.74 Å². The minimum Gasteiger partial charge on any atom is -0.378 e. The number of benzene rings is 2. The van der Waals surface area contributed by atoms with Gasteiger partial charge in [-0.1, -0.05) is 24.3 Å². The van der Waals surface area contributed by atoms with Gasteiger partial charge in [0.25, 0.3) is 0 Å². The van der Waals surface area contributed by atoms with Crippen LogP contribution in [0.4, 0.5) is 5.82 Å². The van der Waals surface area contributed by atoms with Gasteiger partial charge in [0, 0.05) is 34.8 Å².